The maximum absolute atomic E-state index is 14.0. The summed E-state index contributed by atoms with van der Waals surface area (Å²) < 4.78 is 111. The number of hydrogen-bond donors (Lipinski definition) is 1. The third-order valence-corrected chi connectivity index (χ3v) is 16.4. The standard InChI is InChI=1S/C22H22BrF2O3PS.C22H23F2O3PS.BHNS/c1-13(2)27-29(26,28-14(3)4)19(12-15-9-10-17(24)18(25)11-15)22-21(23)16-7-5-6-8-20(16)30-22;1-14(2)26-28(25,27-15(3)4)20(12-16-9-10-18(23)19(24)11-16)22-13-17-7-5-6-8-21(17)29-22;1-2-3/h5-14H,1-4H3;5-15H,1-4H3;3H/b19-12+;20-12+;. The van der Waals surface area contributed by atoms with Crippen LogP contribution < -0.4 is 0 Å². The van der Waals surface area contributed by atoms with Crippen LogP contribution in [0.1, 0.15) is 76.3 Å². The van der Waals surface area contributed by atoms with E-state index in [0.717, 1.165) is 48.9 Å². The molecule has 6 aromatic rings. The molecule has 1 radical (unpaired) electrons. The molecule has 0 saturated carbocycles. The Labute approximate surface area is 383 Å². The second-order valence-electron chi connectivity index (χ2n) is 14.5. The molecule has 6 rings (SSSR count). The van der Waals surface area contributed by atoms with Gasteiger partial charge < -0.3 is 18.1 Å². The first-order valence-corrected chi connectivity index (χ1v) is 25.1. The van der Waals surface area contributed by atoms with Gasteiger partial charge in [-0.15, -0.1) is 22.7 Å². The zero-order valence-corrected chi connectivity index (χ0v) is 41.0. The molecule has 0 aliphatic rings. The third-order valence-electron chi connectivity index (χ3n) is 7.93. The molecule has 0 unspecified atom stereocenters. The number of nitrogens with zero attached hydrogens (tertiary/aromatic N) is 1. The van der Waals surface area contributed by atoms with E-state index in [-0.39, 0.29) is 24.4 Å². The fourth-order valence-electron chi connectivity index (χ4n) is 5.75. The van der Waals surface area contributed by atoms with Crippen LogP contribution in [0.3, 0.4) is 0 Å². The molecule has 0 aliphatic heterocycles. The van der Waals surface area contributed by atoms with Crippen LogP contribution >= 0.6 is 66.6 Å². The summed E-state index contributed by atoms with van der Waals surface area (Å²) in [7, 11) is -3.23. The van der Waals surface area contributed by atoms with Gasteiger partial charge in [-0.25, -0.2) is 17.6 Å². The van der Waals surface area contributed by atoms with Gasteiger partial charge in [0.15, 0.2) is 23.3 Å². The number of rotatable bonds is 14. The van der Waals surface area contributed by atoms with E-state index >= 15 is 0 Å². The van der Waals surface area contributed by atoms with Gasteiger partial charge >= 0.3 is 39.9 Å². The van der Waals surface area contributed by atoms with Crippen LogP contribution in [0, 0.1) is 23.3 Å². The fraction of sp³-hybridized carbons (Fsp3) is 0.273. The number of fused-ring (bicyclic) bond motifs is 2. The average molecular weight is 1010 g/mol. The van der Waals surface area contributed by atoms with E-state index in [0.29, 0.717) is 31.5 Å². The molecule has 2 heterocycles. The van der Waals surface area contributed by atoms with Crippen LogP contribution in [-0.4, -0.2) is 32.1 Å². The summed E-state index contributed by atoms with van der Waals surface area (Å²) in [6, 6.07) is 24.5. The summed E-state index contributed by atoms with van der Waals surface area (Å²) in [5, 5.41) is 2.56. The molecule has 7 nitrogen and oxygen atoms in total. The first-order chi connectivity index (χ1) is 29.2. The van der Waals surface area contributed by atoms with Gasteiger partial charge in [-0.05, 0) is 142 Å². The second-order valence-corrected chi connectivity index (χ2v) is 21.5. The molecular weight excluding hydrogens is 963 g/mol. The van der Waals surface area contributed by atoms with Crippen LogP contribution in [-0.2, 0) is 27.2 Å². The first kappa shape index (κ1) is 51.6. The predicted molar refractivity (Wildman–Crippen MR) is 257 cm³/mol. The zero-order chi connectivity index (χ0) is 45.9. The molecule has 0 saturated heterocycles. The first-order valence-electron chi connectivity index (χ1n) is 19.2. The molecule has 0 N–H and O–H groups in total. The summed E-state index contributed by atoms with van der Waals surface area (Å²) in [6.45, 7) is 14.2. The van der Waals surface area contributed by atoms with Gasteiger partial charge in [0, 0.05) is 24.1 Å². The second kappa shape index (κ2) is 23.3. The molecule has 0 amide bonds. The van der Waals surface area contributed by atoms with Crippen molar-refractivity contribution < 1.29 is 44.8 Å². The SMILES string of the molecule is CC(C)OP(=O)(OC(C)C)/C(=C/c1ccc(F)c(F)c1)c1cc2ccccc2s1.CC(C)OP(=O)(OC(C)C)/C(=C/c1ccc(F)c(F)c1)c1sc2ccccc2c1Br.[B]=NS. The topological polar surface area (TPSA) is 83.4 Å². The molecule has 4 aromatic carbocycles. The van der Waals surface area contributed by atoms with E-state index in [1.807, 2.05) is 54.6 Å². The van der Waals surface area contributed by atoms with Gasteiger partial charge in [0.25, 0.3) is 0 Å². The van der Waals surface area contributed by atoms with E-state index in [1.54, 1.807) is 67.5 Å². The number of halogens is 5. The summed E-state index contributed by atoms with van der Waals surface area (Å²) in [4.78, 5) is 1.35. The minimum atomic E-state index is -3.81. The summed E-state index contributed by atoms with van der Waals surface area (Å²) in [5.41, 5.74) is 0.726. The molecule has 0 spiro atoms. The quantitative estimate of drug-likeness (QED) is 0.0507. The van der Waals surface area contributed by atoms with E-state index < -0.39 is 38.5 Å². The van der Waals surface area contributed by atoms with Gasteiger partial charge in [-0.2, -0.15) is 0 Å². The molecule has 62 heavy (non-hydrogen) atoms. The Morgan fingerprint density at radius 2 is 1.05 bits per heavy atom. The minimum absolute atomic E-state index is 0.295. The van der Waals surface area contributed by atoms with Crippen molar-refractivity contribution in [2.24, 2.45) is 4.30 Å². The van der Waals surface area contributed by atoms with Crippen molar-refractivity contribution in [3.05, 3.63) is 140 Å². The number of benzene rings is 4. The molecule has 18 heteroatoms. The Kier molecular flexibility index (Phi) is 19.4. The summed E-state index contributed by atoms with van der Waals surface area (Å²) >= 11 is 9.68. The maximum atomic E-state index is 14.0. The normalized spacial score (nSPS) is 12.6. The molecule has 2 aromatic heterocycles. The van der Waals surface area contributed by atoms with Gasteiger partial charge in [-0.3, -0.25) is 9.13 Å². The predicted octanol–water partition coefficient (Wildman–Crippen LogP) is 16.4. The van der Waals surface area contributed by atoms with Crippen LogP contribution in [0.2, 0.25) is 0 Å². The van der Waals surface area contributed by atoms with Crippen molar-refractivity contribution in [1.29, 1.82) is 0 Å². The number of hydrogen-bond acceptors (Lipinski definition) is 10. The van der Waals surface area contributed by atoms with Gasteiger partial charge in [-0.1, -0.05) is 48.5 Å². The van der Waals surface area contributed by atoms with Gasteiger partial charge in [0.1, 0.15) is 0 Å². The number of thiophene rings is 2. The van der Waals surface area contributed by atoms with Crippen LogP contribution in [0.25, 0.3) is 43.0 Å². The molecule has 329 valence electrons. The van der Waals surface area contributed by atoms with E-state index in [9.17, 15) is 26.7 Å². The molecular formula is C44H46BBrF4NO6P2S3. The molecule has 0 bridgehead atoms. The van der Waals surface area contributed by atoms with Crippen molar-refractivity contribution >= 4 is 117 Å². The monoisotopic (exact) mass is 1010 g/mol. The Morgan fingerprint density at radius 3 is 1.48 bits per heavy atom. The van der Waals surface area contributed by atoms with Crippen molar-refractivity contribution in [2.45, 2.75) is 79.8 Å². The van der Waals surface area contributed by atoms with E-state index in [1.165, 1.54) is 34.8 Å². The Balaban J connectivity index is 0.000000257. The fourth-order valence-corrected chi connectivity index (χ4v) is 13.9. The average Bonchev–Trinajstić information content (AvgIpc) is 3.75. The van der Waals surface area contributed by atoms with Crippen molar-refractivity contribution in [1.82, 2.24) is 0 Å². The van der Waals surface area contributed by atoms with Gasteiger partial charge in [0.05, 0.1) is 39.9 Å². The van der Waals surface area contributed by atoms with E-state index in [2.05, 4.69) is 40.7 Å². The van der Waals surface area contributed by atoms with Crippen LogP contribution in [0.4, 0.5) is 17.6 Å². The Hall–Kier alpha value is -3.01. The molecule has 0 atom stereocenters. The van der Waals surface area contributed by atoms with Gasteiger partial charge in [0.2, 0.25) is 0 Å². The van der Waals surface area contributed by atoms with Crippen LogP contribution in [0.15, 0.2) is 99.8 Å². The molecule has 0 aliphatic carbocycles. The Bertz CT molecular complexity index is 2590. The summed E-state index contributed by atoms with van der Waals surface area (Å²) in [5.74, 6) is -3.84. The van der Waals surface area contributed by atoms with Crippen molar-refractivity contribution in [3.8, 4) is 0 Å². The molecule has 0 fully saturated rings. The van der Waals surface area contributed by atoms with E-state index in [4.69, 9.17) is 18.1 Å². The van der Waals surface area contributed by atoms with Crippen molar-refractivity contribution in [3.63, 3.8) is 0 Å². The van der Waals surface area contributed by atoms with Crippen molar-refractivity contribution in [2.75, 3.05) is 0 Å². The summed E-state index contributed by atoms with van der Waals surface area (Å²) in [6.07, 6.45) is 1.62. The van der Waals surface area contributed by atoms with Crippen LogP contribution in [0.5, 0.6) is 0 Å². The zero-order valence-electron chi connectivity index (χ0n) is 35.1. The Morgan fingerprint density at radius 1 is 0.629 bits per heavy atom. The third kappa shape index (κ3) is 14.0. The number of thiol groups is 1.